The maximum atomic E-state index is 5.74. The molecule has 1 aromatic rings. The van der Waals surface area contributed by atoms with Gasteiger partial charge in [-0.2, -0.15) is 0 Å². The summed E-state index contributed by atoms with van der Waals surface area (Å²) < 4.78 is 5.74. The second-order valence-electron chi connectivity index (χ2n) is 6.41. The first-order valence-corrected chi connectivity index (χ1v) is 7.72. The second-order valence-corrected chi connectivity index (χ2v) is 6.41. The van der Waals surface area contributed by atoms with Crippen LogP contribution in [0.2, 0.25) is 0 Å². The van der Waals surface area contributed by atoms with Gasteiger partial charge in [-0.3, -0.25) is 0 Å². The van der Waals surface area contributed by atoms with Gasteiger partial charge in [-0.05, 0) is 43.6 Å². The van der Waals surface area contributed by atoms with Crippen molar-refractivity contribution < 1.29 is 4.74 Å². The Kier molecular flexibility index (Phi) is 5.44. The molecule has 0 amide bonds. The van der Waals surface area contributed by atoms with E-state index in [0.29, 0.717) is 6.10 Å². The third-order valence-electron chi connectivity index (χ3n) is 3.64. The third-order valence-corrected chi connectivity index (χ3v) is 3.64. The second kappa shape index (κ2) is 7.09. The molecular formula is C17H28N2O. The Hall–Kier alpha value is -1.06. The summed E-state index contributed by atoms with van der Waals surface area (Å²) in [5.74, 6) is 1.79. The lowest BCUT2D eigenvalue weighted by Gasteiger charge is -2.18. The van der Waals surface area contributed by atoms with Crippen LogP contribution in [0.1, 0.15) is 31.9 Å². The highest BCUT2D eigenvalue weighted by Gasteiger charge is 2.18. The summed E-state index contributed by atoms with van der Waals surface area (Å²) in [5.41, 5.74) is 2.74. The van der Waals surface area contributed by atoms with Crippen molar-refractivity contribution in [2.75, 3.05) is 26.7 Å². The van der Waals surface area contributed by atoms with Gasteiger partial charge < -0.3 is 15.0 Å². The van der Waals surface area contributed by atoms with E-state index in [0.717, 1.165) is 44.3 Å². The number of ether oxygens (including phenoxy) is 1. The zero-order valence-electron chi connectivity index (χ0n) is 13.3. The molecule has 1 unspecified atom stereocenters. The minimum absolute atomic E-state index is 0.332. The van der Waals surface area contributed by atoms with Crippen LogP contribution in [0.4, 0.5) is 0 Å². The van der Waals surface area contributed by atoms with Crippen molar-refractivity contribution in [1.82, 2.24) is 10.2 Å². The molecule has 1 aliphatic heterocycles. The predicted octanol–water partition coefficient (Wildman–Crippen LogP) is 2.69. The Morgan fingerprint density at radius 3 is 2.95 bits per heavy atom. The summed E-state index contributed by atoms with van der Waals surface area (Å²) in [6, 6.07) is 6.62. The molecule has 1 aliphatic rings. The van der Waals surface area contributed by atoms with E-state index in [4.69, 9.17) is 4.74 Å². The molecule has 20 heavy (non-hydrogen) atoms. The molecule has 0 aromatic heterocycles. The number of likely N-dealkylation sites (N-methyl/N-ethyl adjacent to an activating group) is 1. The van der Waals surface area contributed by atoms with Crippen molar-refractivity contribution in [3.05, 3.63) is 29.3 Å². The maximum Gasteiger partial charge on any atom is 0.123 e. The van der Waals surface area contributed by atoms with Gasteiger partial charge in [0.1, 0.15) is 11.9 Å². The minimum Gasteiger partial charge on any atom is -0.490 e. The van der Waals surface area contributed by atoms with E-state index in [9.17, 15) is 0 Å². The van der Waals surface area contributed by atoms with Gasteiger partial charge in [0.15, 0.2) is 0 Å². The topological polar surface area (TPSA) is 24.5 Å². The van der Waals surface area contributed by atoms with E-state index in [1.165, 1.54) is 11.1 Å². The summed E-state index contributed by atoms with van der Waals surface area (Å²) >= 11 is 0. The highest BCUT2D eigenvalue weighted by Crippen LogP contribution is 2.29. The van der Waals surface area contributed by atoms with E-state index >= 15 is 0 Å². The number of rotatable bonds is 7. The summed E-state index contributed by atoms with van der Waals surface area (Å²) in [6.07, 6.45) is 1.38. The molecular weight excluding hydrogens is 248 g/mol. The number of hydrogen-bond donors (Lipinski definition) is 1. The first-order chi connectivity index (χ1) is 9.54. The van der Waals surface area contributed by atoms with Crippen LogP contribution in [0.3, 0.4) is 0 Å². The van der Waals surface area contributed by atoms with E-state index in [1.54, 1.807) is 0 Å². The molecule has 3 nitrogen and oxygen atoms in total. The normalized spacial score (nSPS) is 17.6. The van der Waals surface area contributed by atoms with Gasteiger partial charge in [0.25, 0.3) is 0 Å². The Bertz CT molecular complexity index is 431. The monoisotopic (exact) mass is 276 g/mol. The Balaban J connectivity index is 1.77. The van der Waals surface area contributed by atoms with Gasteiger partial charge in [0.05, 0.1) is 0 Å². The van der Waals surface area contributed by atoms with E-state index in [1.807, 2.05) is 0 Å². The number of fused-ring (bicyclic) bond motifs is 1. The van der Waals surface area contributed by atoms with Gasteiger partial charge >= 0.3 is 0 Å². The Morgan fingerprint density at radius 2 is 2.20 bits per heavy atom. The molecule has 1 atom stereocenters. The van der Waals surface area contributed by atoms with Crippen molar-refractivity contribution in [2.24, 2.45) is 5.92 Å². The maximum absolute atomic E-state index is 5.74. The summed E-state index contributed by atoms with van der Waals surface area (Å²) in [5, 5.41) is 3.49. The zero-order valence-corrected chi connectivity index (χ0v) is 13.3. The van der Waals surface area contributed by atoms with Gasteiger partial charge in [0.2, 0.25) is 0 Å². The van der Waals surface area contributed by atoms with Crippen LogP contribution in [-0.4, -0.2) is 37.7 Å². The van der Waals surface area contributed by atoms with Crippen LogP contribution < -0.4 is 10.1 Å². The van der Waals surface area contributed by atoms with Crippen LogP contribution in [0.5, 0.6) is 5.75 Å². The lowest BCUT2D eigenvalue weighted by Crippen LogP contribution is -2.30. The van der Waals surface area contributed by atoms with Crippen LogP contribution in [0.15, 0.2) is 18.2 Å². The van der Waals surface area contributed by atoms with E-state index in [2.05, 4.69) is 56.2 Å². The molecule has 0 radical (unpaired) electrons. The Morgan fingerprint density at radius 1 is 1.40 bits per heavy atom. The summed E-state index contributed by atoms with van der Waals surface area (Å²) in [7, 11) is 2.18. The lowest BCUT2D eigenvalue weighted by atomic mass is 10.1. The molecule has 1 heterocycles. The molecule has 1 N–H and O–H groups in total. The summed E-state index contributed by atoms with van der Waals surface area (Å²) in [4.78, 5) is 2.37. The SMILES string of the molecule is CC(C)CNCCN(C)Cc1ccc2c(c1)CC(C)O2. The average Bonchev–Trinajstić information content (AvgIpc) is 2.74. The largest absolute Gasteiger partial charge is 0.490 e. The molecule has 1 aromatic carbocycles. The van der Waals surface area contributed by atoms with Gasteiger partial charge in [-0.25, -0.2) is 0 Å². The molecule has 0 saturated heterocycles. The first-order valence-electron chi connectivity index (χ1n) is 7.72. The molecule has 0 spiro atoms. The van der Waals surface area contributed by atoms with Gasteiger partial charge in [-0.15, -0.1) is 0 Å². The number of nitrogens with one attached hydrogen (secondary N) is 1. The first kappa shape index (κ1) is 15.3. The summed E-state index contributed by atoms with van der Waals surface area (Å²) in [6.45, 7) is 10.9. The van der Waals surface area contributed by atoms with Gasteiger partial charge in [-0.1, -0.05) is 26.0 Å². The average molecular weight is 276 g/mol. The third kappa shape index (κ3) is 4.50. The quantitative estimate of drug-likeness (QED) is 0.775. The van der Waals surface area contributed by atoms with Crippen molar-refractivity contribution in [3.63, 3.8) is 0 Å². The van der Waals surface area contributed by atoms with Gasteiger partial charge in [0, 0.05) is 26.1 Å². The molecule has 2 rings (SSSR count). The lowest BCUT2D eigenvalue weighted by molar-refractivity contribution is 0.254. The molecule has 0 fully saturated rings. The standard InChI is InChI=1S/C17H28N2O/c1-13(2)11-18-7-8-19(4)12-15-5-6-17-16(10-15)9-14(3)20-17/h5-6,10,13-14,18H,7-9,11-12H2,1-4H3. The van der Waals surface area contributed by atoms with Crippen LogP contribution >= 0.6 is 0 Å². The van der Waals surface area contributed by atoms with Crippen LogP contribution in [-0.2, 0) is 13.0 Å². The highest BCUT2D eigenvalue weighted by molar-refractivity contribution is 5.40. The van der Waals surface area contributed by atoms with Crippen LogP contribution in [0.25, 0.3) is 0 Å². The van der Waals surface area contributed by atoms with E-state index in [-0.39, 0.29) is 0 Å². The van der Waals surface area contributed by atoms with Crippen molar-refractivity contribution in [1.29, 1.82) is 0 Å². The fourth-order valence-corrected chi connectivity index (χ4v) is 2.63. The molecule has 112 valence electrons. The van der Waals surface area contributed by atoms with Crippen molar-refractivity contribution >= 4 is 0 Å². The highest BCUT2D eigenvalue weighted by atomic mass is 16.5. The molecule has 0 bridgehead atoms. The fourth-order valence-electron chi connectivity index (χ4n) is 2.63. The molecule has 0 saturated carbocycles. The molecule has 3 heteroatoms. The predicted molar refractivity (Wildman–Crippen MR) is 84.3 cm³/mol. The zero-order chi connectivity index (χ0) is 14.5. The van der Waals surface area contributed by atoms with Crippen LogP contribution in [0, 0.1) is 5.92 Å². The molecule has 0 aliphatic carbocycles. The van der Waals surface area contributed by atoms with Crippen molar-refractivity contribution in [2.45, 2.75) is 39.8 Å². The minimum atomic E-state index is 0.332. The fraction of sp³-hybridized carbons (Fsp3) is 0.647. The van der Waals surface area contributed by atoms with E-state index < -0.39 is 0 Å². The smallest absolute Gasteiger partial charge is 0.123 e. The number of hydrogen-bond acceptors (Lipinski definition) is 3. The number of nitrogens with zero attached hydrogens (tertiary/aromatic N) is 1. The Labute approximate surface area is 123 Å². The van der Waals surface area contributed by atoms with Crippen molar-refractivity contribution in [3.8, 4) is 5.75 Å². The number of benzene rings is 1.